The van der Waals surface area contributed by atoms with Crippen LogP contribution in [0.5, 0.6) is 0 Å². The maximum absolute atomic E-state index is 12.4. The van der Waals surface area contributed by atoms with Crippen LogP contribution >= 0.6 is 0 Å². The van der Waals surface area contributed by atoms with E-state index in [1.54, 1.807) is 24.3 Å². The molecule has 2 aliphatic heterocycles. The highest BCUT2D eigenvalue weighted by atomic mass is 16.5. The van der Waals surface area contributed by atoms with Crippen LogP contribution in [0.1, 0.15) is 58.9 Å². The van der Waals surface area contributed by atoms with E-state index in [2.05, 4.69) is 24.1 Å². The van der Waals surface area contributed by atoms with Gasteiger partial charge in [-0.05, 0) is 42.5 Å². The average Bonchev–Trinajstić information content (AvgIpc) is 3.22. The molecule has 1 amide bonds. The molecule has 6 nitrogen and oxygen atoms in total. The third kappa shape index (κ3) is 3.75. The molecule has 1 fully saturated rings. The molecule has 0 saturated carbocycles. The summed E-state index contributed by atoms with van der Waals surface area (Å²) >= 11 is 0. The van der Waals surface area contributed by atoms with Crippen molar-refractivity contribution in [1.29, 1.82) is 0 Å². The fourth-order valence-corrected chi connectivity index (χ4v) is 3.91. The summed E-state index contributed by atoms with van der Waals surface area (Å²) < 4.78 is 5.21. The Morgan fingerprint density at radius 2 is 1.86 bits per heavy atom. The van der Waals surface area contributed by atoms with Crippen molar-refractivity contribution in [3.8, 4) is 0 Å². The standard InChI is InChI=1S/C23H24N2O4/c1-14(2)15-5-7-16(8-6-15)21(26)13-29-23(28)17-9-10-19-18(12-17)24-22(27)20-4-3-11-25(19)20/h5-10,12,14,20H,3-4,11,13H2,1-2H3,(H,24,27)/t20-/m0/s1. The van der Waals surface area contributed by atoms with E-state index in [0.717, 1.165) is 30.6 Å². The molecule has 0 unspecified atom stereocenters. The molecule has 0 bridgehead atoms. The monoisotopic (exact) mass is 392 g/mol. The smallest absolute Gasteiger partial charge is 0.338 e. The molecule has 4 rings (SSSR count). The normalized spacial score (nSPS) is 17.6. The van der Waals surface area contributed by atoms with Crippen LogP contribution in [-0.4, -0.2) is 36.9 Å². The second-order valence-corrected chi connectivity index (χ2v) is 7.85. The molecule has 1 N–H and O–H groups in total. The van der Waals surface area contributed by atoms with Gasteiger partial charge in [0.05, 0.1) is 16.9 Å². The fourth-order valence-electron chi connectivity index (χ4n) is 3.91. The number of nitrogens with zero attached hydrogens (tertiary/aromatic N) is 1. The third-order valence-corrected chi connectivity index (χ3v) is 5.59. The Labute approximate surface area is 169 Å². The lowest BCUT2D eigenvalue weighted by atomic mass is 10.0. The van der Waals surface area contributed by atoms with Gasteiger partial charge in [-0.2, -0.15) is 0 Å². The summed E-state index contributed by atoms with van der Waals surface area (Å²) in [5.74, 6) is -0.490. The number of fused-ring (bicyclic) bond motifs is 3. The minimum atomic E-state index is -0.585. The molecule has 2 heterocycles. The Hall–Kier alpha value is -3.15. The van der Waals surface area contributed by atoms with Crippen LogP contribution in [0.15, 0.2) is 42.5 Å². The third-order valence-electron chi connectivity index (χ3n) is 5.59. The number of esters is 1. The zero-order chi connectivity index (χ0) is 20.5. The van der Waals surface area contributed by atoms with E-state index in [-0.39, 0.29) is 24.3 Å². The number of amides is 1. The van der Waals surface area contributed by atoms with Crippen LogP contribution in [0.2, 0.25) is 0 Å². The quantitative estimate of drug-likeness (QED) is 0.619. The highest BCUT2D eigenvalue weighted by molar-refractivity contribution is 6.06. The predicted octanol–water partition coefficient (Wildman–Crippen LogP) is 3.77. The van der Waals surface area contributed by atoms with Gasteiger partial charge in [-0.1, -0.05) is 38.1 Å². The van der Waals surface area contributed by atoms with Gasteiger partial charge < -0.3 is 15.0 Å². The zero-order valence-electron chi connectivity index (χ0n) is 16.6. The van der Waals surface area contributed by atoms with Gasteiger partial charge >= 0.3 is 5.97 Å². The summed E-state index contributed by atoms with van der Waals surface area (Å²) in [6.07, 6.45) is 1.82. The molecule has 0 spiro atoms. The average molecular weight is 392 g/mol. The Morgan fingerprint density at radius 1 is 1.14 bits per heavy atom. The van der Waals surface area contributed by atoms with Crippen molar-refractivity contribution in [3.63, 3.8) is 0 Å². The van der Waals surface area contributed by atoms with Crippen molar-refractivity contribution in [2.24, 2.45) is 0 Å². The van der Waals surface area contributed by atoms with E-state index < -0.39 is 5.97 Å². The summed E-state index contributed by atoms with van der Waals surface area (Å²) in [5, 5.41) is 2.88. The van der Waals surface area contributed by atoms with E-state index in [9.17, 15) is 14.4 Å². The molecule has 1 atom stereocenters. The SMILES string of the molecule is CC(C)c1ccc(C(=O)COC(=O)c2ccc3c(c2)NC(=O)[C@@H]2CCCN32)cc1. The Kier molecular flexibility index (Phi) is 5.09. The zero-order valence-corrected chi connectivity index (χ0v) is 16.6. The number of hydrogen-bond acceptors (Lipinski definition) is 5. The number of ether oxygens (including phenoxy) is 1. The number of rotatable bonds is 5. The topological polar surface area (TPSA) is 75.7 Å². The number of nitrogens with one attached hydrogen (secondary N) is 1. The van der Waals surface area contributed by atoms with Crippen LogP contribution in [-0.2, 0) is 9.53 Å². The van der Waals surface area contributed by atoms with E-state index >= 15 is 0 Å². The van der Waals surface area contributed by atoms with Gasteiger partial charge in [0.2, 0.25) is 5.91 Å². The molecule has 2 aromatic rings. The van der Waals surface area contributed by atoms with Crippen molar-refractivity contribution >= 4 is 29.0 Å². The predicted molar refractivity (Wildman–Crippen MR) is 111 cm³/mol. The van der Waals surface area contributed by atoms with E-state index in [0.29, 0.717) is 22.7 Å². The van der Waals surface area contributed by atoms with Crippen molar-refractivity contribution in [2.75, 3.05) is 23.4 Å². The lowest BCUT2D eigenvalue weighted by Gasteiger charge is -2.33. The molecule has 6 heteroatoms. The maximum atomic E-state index is 12.4. The number of anilines is 2. The van der Waals surface area contributed by atoms with Crippen LogP contribution in [0.3, 0.4) is 0 Å². The Balaban J connectivity index is 1.42. The molecule has 0 aromatic heterocycles. The van der Waals surface area contributed by atoms with Crippen LogP contribution < -0.4 is 10.2 Å². The summed E-state index contributed by atoms with van der Waals surface area (Å²) in [5.41, 5.74) is 3.50. The number of ketones is 1. The minimum absolute atomic E-state index is 0.0412. The second-order valence-electron chi connectivity index (χ2n) is 7.85. The molecule has 2 aliphatic rings. The summed E-state index contributed by atoms with van der Waals surface area (Å²) in [7, 11) is 0. The lowest BCUT2D eigenvalue weighted by Crippen LogP contribution is -2.43. The summed E-state index contributed by atoms with van der Waals surface area (Å²) in [6, 6.07) is 12.3. The van der Waals surface area contributed by atoms with Gasteiger partial charge in [0.25, 0.3) is 0 Å². The molecule has 0 radical (unpaired) electrons. The Bertz CT molecular complexity index is 965. The largest absolute Gasteiger partial charge is 0.454 e. The van der Waals surface area contributed by atoms with Crippen molar-refractivity contribution in [1.82, 2.24) is 0 Å². The molecule has 2 aromatic carbocycles. The van der Waals surface area contributed by atoms with Gasteiger partial charge in [-0.3, -0.25) is 9.59 Å². The van der Waals surface area contributed by atoms with Crippen molar-refractivity contribution in [3.05, 3.63) is 59.2 Å². The van der Waals surface area contributed by atoms with E-state index in [1.165, 1.54) is 0 Å². The van der Waals surface area contributed by atoms with Crippen molar-refractivity contribution in [2.45, 2.75) is 38.6 Å². The van der Waals surface area contributed by atoms with E-state index in [4.69, 9.17) is 4.74 Å². The van der Waals surface area contributed by atoms with E-state index in [1.807, 2.05) is 18.2 Å². The lowest BCUT2D eigenvalue weighted by molar-refractivity contribution is -0.117. The van der Waals surface area contributed by atoms with Crippen LogP contribution in [0.4, 0.5) is 11.4 Å². The van der Waals surface area contributed by atoms with Gasteiger partial charge in [0, 0.05) is 12.1 Å². The molecule has 0 aliphatic carbocycles. The number of hydrogen-bond donors (Lipinski definition) is 1. The second kappa shape index (κ2) is 7.70. The first-order valence-electron chi connectivity index (χ1n) is 9.96. The molecular weight excluding hydrogens is 368 g/mol. The highest BCUT2D eigenvalue weighted by Crippen LogP contribution is 2.37. The van der Waals surface area contributed by atoms with Gasteiger partial charge in [-0.15, -0.1) is 0 Å². The van der Waals surface area contributed by atoms with Crippen LogP contribution in [0.25, 0.3) is 0 Å². The van der Waals surface area contributed by atoms with Gasteiger partial charge in [-0.25, -0.2) is 4.79 Å². The van der Waals surface area contributed by atoms with Gasteiger partial charge in [0.1, 0.15) is 6.04 Å². The maximum Gasteiger partial charge on any atom is 0.338 e. The Morgan fingerprint density at radius 3 is 2.59 bits per heavy atom. The number of carbonyl (C=O) groups excluding carboxylic acids is 3. The minimum Gasteiger partial charge on any atom is -0.454 e. The summed E-state index contributed by atoms with van der Waals surface area (Å²) in [6.45, 7) is 4.68. The number of carbonyl (C=O) groups is 3. The molecular formula is C23H24N2O4. The first kappa shape index (κ1) is 19.2. The highest BCUT2D eigenvalue weighted by Gasteiger charge is 2.36. The first-order valence-corrected chi connectivity index (χ1v) is 9.96. The molecule has 29 heavy (non-hydrogen) atoms. The van der Waals surface area contributed by atoms with Crippen LogP contribution in [0, 0.1) is 0 Å². The number of benzene rings is 2. The molecule has 1 saturated heterocycles. The van der Waals surface area contributed by atoms with Crippen molar-refractivity contribution < 1.29 is 19.1 Å². The summed E-state index contributed by atoms with van der Waals surface area (Å²) in [4.78, 5) is 39.1. The first-order chi connectivity index (χ1) is 13.9. The fraction of sp³-hybridized carbons (Fsp3) is 0.348. The van der Waals surface area contributed by atoms with Gasteiger partial charge in [0.15, 0.2) is 12.4 Å². The molecule has 150 valence electrons. The number of Topliss-reactive ketones (excluding diaryl/α,β-unsaturated/α-hetero) is 1.